The average molecular weight is 699 g/mol. The van der Waals surface area contributed by atoms with Crippen molar-refractivity contribution < 1.29 is 29.0 Å². The highest BCUT2D eigenvalue weighted by atomic mass is 16.5. The fourth-order valence-electron chi connectivity index (χ4n) is 7.39. The van der Waals surface area contributed by atoms with Crippen LogP contribution in [0.5, 0.6) is 11.5 Å². The first kappa shape index (κ1) is 34.7. The molecule has 266 valence electrons. The maximum absolute atomic E-state index is 13.3. The Hall–Kier alpha value is -5.74. The Labute approximate surface area is 303 Å². The van der Waals surface area contributed by atoms with Crippen LogP contribution < -0.4 is 15.0 Å². The first-order valence-corrected chi connectivity index (χ1v) is 17.9. The minimum atomic E-state index is -0.971. The maximum atomic E-state index is 13.3. The van der Waals surface area contributed by atoms with Crippen LogP contribution in [0.25, 0.3) is 11.1 Å². The van der Waals surface area contributed by atoms with Gasteiger partial charge in [-0.05, 0) is 89.6 Å². The highest BCUT2D eigenvalue weighted by Gasteiger charge is 2.44. The Bertz CT molecular complexity index is 2000. The lowest BCUT2D eigenvalue weighted by atomic mass is 9.88. The van der Waals surface area contributed by atoms with E-state index in [1.807, 2.05) is 36.4 Å². The Balaban J connectivity index is 0.918. The molecule has 0 radical (unpaired) electrons. The topological polar surface area (TPSA) is 119 Å². The monoisotopic (exact) mass is 698 g/mol. The van der Waals surface area contributed by atoms with Gasteiger partial charge in [-0.1, -0.05) is 61.5 Å². The Morgan fingerprint density at radius 3 is 2.13 bits per heavy atom. The number of rotatable bonds is 11. The first-order chi connectivity index (χ1) is 25.3. The van der Waals surface area contributed by atoms with Crippen LogP contribution in [0.3, 0.4) is 0 Å². The van der Waals surface area contributed by atoms with Gasteiger partial charge in [0.15, 0.2) is 0 Å². The smallest absolute Gasteiger partial charge is 0.262 e. The van der Waals surface area contributed by atoms with Crippen molar-refractivity contribution >= 4 is 40.5 Å². The van der Waals surface area contributed by atoms with Gasteiger partial charge in [0.05, 0.1) is 17.7 Å². The summed E-state index contributed by atoms with van der Waals surface area (Å²) >= 11 is 0. The summed E-state index contributed by atoms with van der Waals surface area (Å²) in [4.78, 5) is 55.9. The van der Waals surface area contributed by atoms with E-state index in [9.17, 15) is 24.3 Å². The number of carbonyl (C=O) groups is 4. The van der Waals surface area contributed by atoms with Gasteiger partial charge in [-0.25, -0.2) is 0 Å². The van der Waals surface area contributed by atoms with E-state index in [2.05, 4.69) is 58.4 Å². The van der Waals surface area contributed by atoms with Crippen LogP contribution in [-0.2, 0) is 9.59 Å². The summed E-state index contributed by atoms with van der Waals surface area (Å²) in [5.74, 6) is -0.925. The number of allylic oxidation sites excluding steroid dienone is 1. The summed E-state index contributed by atoms with van der Waals surface area (Å²) in [5.41, 5.74) is 7.13. The summed E-state index contributed by atoms with van der Waals surface area (Å²) in [6.45, 7) is 6.92. The maximum Gasteiger partial charge on any atom is 0.262 e. The van der Waals surface area contributed by atoms with Crippen molar-refractivity contribution in [2.75, 3.05) is 44.2 Å². The van der Waals surface area contributed by atoms with Crippen LogP contribution in [0, 0.1) is 0 Å². The molecule has 0 aliphatic carbocycles. The number of anilines is 1. The third-order valence-corrected chi connectivity index (χ3v) is 10.1. The van der Waals surface area contributed by atoms with Gasteiger partial charge >= 0.3 is 0 Å². The molecule has 2 saturated heterocycles. The van der Waals surface area contributed by atoms with Crippen LogP contribution in [0.2, 0.25) is 0 Å². The van der Waals surface area contributed by atoms with E-state index < -0.39 is 29.7 Å². The lowest BCUT2D eigenvalue weighted by Gasteiger charge is -2.36. The number of benzene rings is 4. The second kappa shape index (κ2) is 15.2. The third kappa shape index (κ3) is 7.20. The fourth-order valence-corrected chi connectivity index (χ4v) is 7.39. The summed E-state index contributed by atoms with van der Waals surface area (Å²) in [6.07, 6.45) is 1.96. The number of piperidine rings is 1. The molecule has 0 bridgehead atoms. The number of amides is 4. The SMILES string of the molecule is CC/C(=C(\c1ccc(O)cc1)c1ccc(OCCCN2CCN(c3ccc4c(c3)C(=O)N(C3CCC(=O)NC3=O)C4=O)CC2)cc1)c1ccccc1. The van der Waals surface area contributed by atoms with Gasteiger partial charge in [-0.3, -0.25) is 34.3 Å². The minimum Gasteiger partial charge on any atom is -0.508 e. The number of imide groups is 2. The zero-order valence-corrected chi connectivity index (χ0v) is 29.2. The quantitative estimate of drug-likeness (QED) is 0.116. The summed E-state index contributed by atoms with van der Waals surface area (Å²) in [7, 11) is 0. The van der Waals surface area contributed by atoms with Crippen molar-refractivity contribution in [2.45, 2.75) is 38.6 Å². The predicted octanol–water partition coefficient (Wildman–Crippen LogP) is 5.75. The van der Waals surface area contributed by atoms with Crippen molar-refractivity contribution in [3.63, 3.8) is 0 Å². The van der Waals surface area contributed by atoms with E-state index in [4.69, 9.17) is 4.74 Å². The molecule has 1 unspecified atom stereocenters. The van der Waals surface area contributed by atoms with Crippen LogP contribution >= 0.6 is 0 Å². The standard InChI is InChI=1S/C42H42N4O6/c1-2-34(28-7-4-3-5-8-28)39(29-9-14-32(47)15-10-29)30-11-16-33(17-12-30)52-26-6-21-44-22-24-45(25-23-44)31-13-18-35-36(27-31)42(51)46(41(35)50)37-19-20-38(48)43-40(37)49/h3-5,7-18,27,37,47H,2,6,19-26H2,1H3,(H,43,48,49)/b39-34-. The molecule has 3 aliphatic heterocycles. The van der Waals surface area contributed by atoms with E-state index in [1.165, 1.54) is 11.1 Å². The Morgan fingerprint density at radius 1 is 0.788 bits per heavy atom. The van der Waals surface area contributed by atoms with Crippen molar-refractivity contribution in [1.82, 2.24) is 15.1 Å². The molecular weight excluding hydrogens is 656 g/mol. The molecule has 0 spiro atoms. The zero-order valence-electron chi connectivity index (χ0n) is 29.2. The van der Waals surface area contributed by atoms with Crippen molar-refractivity contribution in [1.29, 1.82) is 0 Å². The van der Waals surface area contributed by atoms with Crippen LogP contribution in [0.1, 0.15) is 70.0 Å². The van der Waals surface area contributed by atoms with Crippen LogP contribution in [-0.4, -0.2) is 83.9 Å². The summed E-state index contributed by atoms with van der Waals surface area (Å²) in [6, 6.07) is 30.3. The van der Waals surface area contributed by atoms with E-state index >= 15 is 0 Å². The van der Waals surface area contributed by atoms with Gasteiger partial charge in [-0.2, -0.15) is 0 Å². The van der Waals surface area contributed by atoms with Gasteiger partial charge in [0.2, 0.25) is 11.8 Å². The molecule has 2 N–H and O–H groups in total. The normalized spacial score (nSPS) is 18.3. The molecule has 2 fully saturated rings. The molecule has 10 nitrogen and oxygen atoms in total. The van der Waals surface area contributed by atoms with Crippen molar-refractivity contribution in [3.05, 3.63) is 125 Å². The second-order valence-corrected chi connectivity index (χ2v) is 13.4. The fraction of sp³-hybridized carbons (Fsp3) is 0.286. The molecule has 7 rings (SSSR count). The zero-order chi connectivity index (χ0) is 36.2. The number of phenolic OH excluding ortho intramolecular Hbond substituents is 1. The van der Waals surface area contributed by atoms with Gasteiger partial charge in [0.1, 0.15) is 17.5 Å². The molecule has 0 aromatic heterocycles. The number of nitrogens with zero attached hydrogens (tertiary/aromatic N) is 3. The molecule has 3 heterocycles. The van der Waals surface area contributed by atoms with Crippen LogP contribution in [0.15, 0.2) is 97.1 Å². The first-order valence-electron chi connectivity index (χ1n) is 17.9. The summed E-state index contributed by atoms with van der Waals surface area (Å²) in [5, 5.41) is 12.2. The molecule has 4 aromatic rings. The molecule has 52 heavy (non-hydrogen) atoms. The molecule has 3 aliphatic rings. The number of ether oxygens (including phenoxy) is 1. The van der Waals surface area contributed by atoms with Crippen molar-refractivity contribution in [2.24, 2.45) is 0 Å². The molecule has 4 amide bonds. The lowest BCUT2D eigenvalue weighted by molar-refractivity contribution is -0.136. The number of hydrogen-bond acceptors (Lipinski definition) is 8. The van der Waals surface area contributed by atoms with E-state index in [0.29, 0.717) is 17.7 Å². The van der Waals surface area contributed by atoms with Gasteiger partial charge in [0, 0.05) is 44.8 Å². The third-order valence-electron chi connectivity index (χ3n) is 10.1. The second-order valence-electron chi connectivity index (χ2n) is 13.4. The Kier molecular flexibility index (Phi) is 10.2. The number of aromatic hydroxyl groups is 1. The highest BCUT2D eigenvalue weighted by Crippen LogP contribution is 2.36. The predicted molar refractivity (Wildman–Crippen MR) is 199 cm³/mol. The molecule has 0 saturated carbocycles. The van der Waals surface area contributed by atoms with E-state index in [1.54, 1.807) is 24.3 Å². The molecule has 10 heteroatoms. The van der Waals surface area contributed by atoms with Gasteiger partial charge < -0.3 is 14.7 Å². The molecule has 1 atom stereocenters. The number of carbonyl (C=O) groups excluding carboxylic acids is 4. The highest BCUT2D eigenvalue weighted by molar-refractivity contribution is 6.23. The summed E-state index contributed by atoms with van der Waals surface area (Å²) < 4.78 is 6.15. The molecular formula is C42H42N4O6. The van der Waals surface area contributed by atoms with Crippen molar-refractivity contribution in [3.8, 4) is 11.5 Å². The Morgan fingerprint density at radius 2 is 1.46 bits per heavy atom. The largest absolute Gasteiger partial charge is 0.508 e. The lowest BCUT2D eigenvalue weighted by Crippen LogP contribution is -2.54. The van der Waals surface area contributed by atoms with Crippen LogP contribution in [0.4, 0.5) is 5.69 Å². The number of fused-ring (bicyclic) bond motifs is 1. The number of hydrogen-bond donors (Lipinski definition) is 2. The van der Waals surface area contributed by atoms with E-state index in [-0.39, 0.29) is 18.6 Å². The molecule has 4 aromatic carbocycles. The average Bonchev–Trinajstić information content (AvgIpc) is 3.41. The van der Waals surface area contributed by atoms with Gasteiger partial charge in [0.25, 0.3) is 11.8 Å². The minimum absolute atomic E-state index is 0.0928. The number of nitrogens with one attached hydrogen (secondary N) is 1. The van der Waals surface area contributed by atoms with E-state index in [0.717, 1.165) is 78.6 Å². The van der Waals surface area contributed by atoms with Gasteiger partial charge in [-0.15, -0.1) is 0 Å². The number of piperazine rings is 1. The number of phenols is 1.